The van der Waals surface area contributed by atoms with Crippen molar-refractivity contribution in [1.82, 2.24) is 5.16 Å². The maximum Gasteiger partial charge on any atom is 0.306 e. The van der Waals surface area contributed by atoms with Crippen LogP contribution in [0.15, 0.2) is 10.7 Å². The average molecular weight is 171 g/mol. The lowest BCUT2D eigenvalue weighted by molar-refractivity contribution is -0.139. The maximum atomic E-state index is 10.2. The van der Waals surface area contributed by atoms with Crippen molar-refractivity contribution in [1.29, 1.82) is 0 Å². The topological polar surface area (TPSA) is 83.6 Å². The standard InChI is InChI=1S/C7H9NO4/c1-4-5(3-8-12-4)6(9)2-7(10)11/h3,6,9H,2H2,1H3,(H,10,11)/t6-/m0/s1. The zero-order chi connectivity index (χ0) is 9.14. The summed E-state index contributed by atoms with van der Waals surface area (Å²) in [6.45, 7) is 1.62. The van der Waals surface area contributed by atoms with E-state index in [1.54, 1.807) is 6.92 Å². The number of carboxylic acids is 1. The molecule has 2 N–H and O–H groups in total. The monoisotopic (exact) mass is 171 g/mol. The van der Waals surface area contributed by atoms with Crippen LogP contribution >= 0.6 is 0 Å². The molecule has 0 bridgehead atoms. The normalized spacial score (nSPS) is 12.8. The molecule has 0 saturated carbocycles. The molecule has 1 aromatic rings. The lowest BCUT2D eigenvalue weighted by Gasteiger charge is -2.03. The van der Waals surface area contributed by atoms with Gasteiger partial charge in [-0.3, -0.25) is 4.79 Å². The van der Waals surface area contributed by atoms with Gasteiger partial charge in [-0.25, -0.2) is 0 Å². The molecule has 0 unspecified atom stereocenters. The van der Waals surface area contributed by atoms with Gasteiger partial charge < -0.3 is 14.7 Å². The smallest absolute Gasteiger partial charge is 0.306 e. The number of hydrogen-bond acceptors (Lipinski definition) is 4. The Hall–Kier alpha value is -1.36. The Balaban J connectivity index is 2.71. The summed E-state index contributed by atoms with van der Waals surface area (Å²) in [6.07, 6.45) is -0.0425. The number of rotatable bonds is 3. The van der Waals surface area contributed by atoms with Gasteiger partial charge in [0.05, 0.1) is 18.7 Å². The fraction of sp³-hybridized carbons (Fsp3) is 0.429. The van der Waals surface area contributed by atoms with Crippen LogP contribution in [0.5, 0.6) is 0 Å². The van der Waals surface area contributed by atoms with Crippen LogP contribution in [0.4, 0.5) is 0 Å². The molecule has 1 heterocycles. The molecule has 1 rings (SSSR count). The minimum absolute atomic E-state index is 0.331. The lowest BCUT2D eigenvalue weighted by Crippen LogP contribution is -2.05. The molecule has 5 heteroatoms. The van der Waals surface area contributed by atoms with Crippen LogP contribution in [0.1, 0.15) is 23.8 Å². The molecule has 12 heavy (non-hydrogen) atoms. The van der Waals surface area contributed by atoms with Gasteiger partial charge in [0.1, 0.15) is 5.76 Å². The zero-order valence-corrected chi connectivity index (χ0v) is 6.52. The van der Waals surface area contributed by atoms with Gasteiger partial charge >= 0.3 is 5.97 Å². The van der Waals surface area contributed by atoms with Gasteiger partial charge in [-0.05, 0) is 6.92 Å². The highest BCUT2D eigenvalue weighted by molar-refractivity contribution is 5.67. The number of aliphatic hydroxyl groups is 1. The number of aliphatic hydroxyl groups excluding tert-OH is 1. The van der Waals surface area contributed by atoms with Gasteiger partial charge in [0.25, 0.3) is 0 Å². The molecule has 0 saturated heterocycles. The van der Waals surface area contributed by atoms with Crippen LogP contribution in [0, 0.1) is 6.92 Å². The Morgan fingerprint density at radius 1 is 1.83 bits per heavy atom. The first kappa shape index (κ1) is 8.73. The molecular weight excluding hydrogens is 162 g/mol. The van der Waals surface area contributed by atoms with Crippen LogP contribution in [-0.2, 0) is 4.79 Å². The molecule has 0 amide bonds. The summed E-state index contributed by atoms with van der Waals surface area (Å²) in [7, 11) is 0. The second kappa shape index (κ2) is 3.36. The Kier molecular flexibility index (Phi) is 2.44. The van der Waals surface area contributed by atoms with Gasteiger partial charge in [0.15, 0.2) is 0 Å². The van der Waals surface area contributed by atoms with Gasteiger partial charge in [-0.15, -0.1) is 0 Å². The second-order valence-electron chi connectivity index (χ2n) is 2.45. The van der Waals surface area contributed by atoms with Crippen molar-refractivity contribution in [2.45, 2.75) is 19.4 Å². The van der Waals surface area contributed by atoms with Gasteiger partial charge in [-0.2, -0.15) is 0 Å². The molecule has 5 nitrogen and oxygen atoms in total. The van der Waals surface area contributed by atoms with Crippen LogP contribution in [0.2, 0.25) is 0 Å². The third-order valence-electron chi connectivity index (χ3n) is 1.51. The van der Waals surface area contributed by atoms with Crippen LogP contribution < -0.4 is 0 Å². The summed E-state index contributed by atoms with van der Waals surface area (Å²) < 4.78 is 4.66. The number of carbonyl (C=O) groups is 1. The first-order valence-corrected chi connectivity index (χ1v) is 3.42. The Morgan fingerprint density at radius 2 is 2.50 bits per heavy atom. The number of aromatic nitrogens is 1. The van der Waals surface area contributed by atoms with Crippen molar-refractivity contribution in [2.75, 3.05) is 0 Å². The average Bonchev–Trinajstić information content (AvgIpc) is 2.33. The minimum atomic E-state index is -1.05. The first-order chi connectivity index (χ1) is 5.61. The molecule has 0 aromatic carbocycles. The summed E-state index contributed by atoms with van der Waals surface area (Å²) in [6, 6.07) is 0. The van der Waals surface area contributed by atoms with Crippen molar-refractivity contribution < 1.29 is 19.5 Å². The first-order valence-electron chi connectivity index (χ1n) is 3.42. The Bertz CT molecular complexity index is 281. The quantitative estimate of drug-likeness (QED) is 0.691. The molecule has 0 fully saturated rings. The predicted molar refractivity (Wildman–Crippen MR) is 38.5 cm³/mol. The molecular formula is C7H9NO4. The SMILES string of the molecule is Cc1oncc1[C@@H](O)CC(=O)O. The summed E-state index contributed by atoms with van der Waals surface area (Å²) in [5, 5.41) is 21.1. The highest BCUT2D eigenvalue weighted by atomic mass is 16.5. The van der Waals surface area contributed by atoms with Crippen molar-refractivity contribution in [3.63, 3.8) is 0 Å². The summed E-state index contributed by atoms with van der Waals surface area (Å²) in [5.41, 5.74) is 0.428. The van der Waals surface area contributed by atoms with Crippen LogP contribution in [0.3, 0.4) is 0 Å². The molecule has 1 atom stereocenters. The van der Waals surface area contributed by atoms with Gasteiger partial charge in [0.2, 0.25) is 0 Å². The molecule has 66 valence electrons. The largest absolute Gasteiger partial charge is 0.481 e. The van der Waals surface area contributed by atoms with E-state index in [2.05, 4.69) is 9.68 Å². The maximum absolute atomic E-state index is 10.2. The summed E-state index contributed by atoms with van der Waals surface area (Å²) >= 11 is 0. The zero-order valence-electron chi connectivity index (χ0n) is 6.52. The van der Waals surface area contributed by atoms with E-state index in [0.29, 0.717) is 11.3 Å². The highest BCUT2D eigenvalue weighted by Gasteiger charge is 2.16. The fourth-order valence-electron chi connectivity index (χ4n) is 0.902. The fourth-order valence-corrected chi connectivity index (χ4v) is 0.902. The molecule has 0 spiro atoms. The van der Waals surface area contributed by atoms with E-state index >= 15 is 0 Å². The van der Waals surface area contributed by atoms with Crippen molar-refractivity contribution in [3.05, 3.63) is 17.5 Å². The van der Waals surface area contributed by atoms with Crippen LogP contribution in [0.25, 0.3) is 0 Å². The predicted octanol–water partition coefficient (Wildman–Crippen LogP) is 0.491. The van der Waals surface area contributed by atoms with E-state index in [0.717, 1.165) is 0 Å². The Labute approximate surface area is 68.6 Å². The molecule has 0 aliphatic heterocycles. The number of nitrogens with zero attached hydrogens (tertiary/aromatic N) is 1. The third kappa shape index (κ3) is 1.82. The van der Waals surface area contributed by atoms with E-state index < -0.39 is 12.1 Å². The highest BCUT2D eigenvalue weighted by Crippen LogP contribution is 2.19. The molecule has 0 aliphatic rings. The summed E-state index contributed by atoms with van der Waals surface area (Å²) in [5.74, 6) is -0.605. The van der Waals surface area contributed by atoms with Gasteiger partial charge in [0, 0.05) is 5.56 Å². The van der Waals surface area contributed by atoms with E-state index in [1.165, 1.54) is 6.20 Å². The van der Waals surface area contributed by atoms with E-state index in [-0.39, 0.29) is 6.42 Å². The van der Waals surface area contributed by atoms with E-state index in [1.807, 2.05) is 0 Å². The van der Waals surface area contributed by atoms with Crippen molar-refractivity contribution in [3.8, 4) is 0 Å². The molecule has 1 aromatic heterocycles. The molecule has 0 aliphatic carbocycles. The van der Waals surface area contributed by atoms with E-state index in [4.69, 9.17) is 5.11 Å². The Morgan fingerprint density at radius 3 is 2.92 bits per heavy atom. The molecule has 0 radical (unpaired) electrons. The lowest BCUT2D eigenvalue weighted by atomic mass is 10.1. The number of aryl methyl sites for hydroxylation is 1. The minimum Gasteiger partial charge on any atom is -0.481 e. The number of hydrogen-bond donors (Lipinski definition) is 2. The van der Waals surface area contributed by atoms with E-state index in [9.17, 15) is 9.90 Å². The van der Waals surface area contributed by atoms with Crippen LogP contribution in [-0.4, -0.2) is 21.3 Å². The number of aliphatic carboxylic acids is 1. The second-order valence-corrected chi connectivity index (χ2v) is 2.45. The third-order valence-corrected chi connectivity index (χ3v) is 1.51. The summed E-state index contributed by atoms with van der Waals surface area (Å²) in [4.78, 5) is 10.2. The number of carboxylic acid groups (broad SMARTS) is 1. The van der Waals surface area contributed by atoms with Gasteiger partial charge in [-0.1, -0.05) is 5.16 Å². The van der Waals surface area contributed by atoms with Crippen molar-refractivity contribution >= 4 is 5.97 Å². The van der Waals surface area contributed by atoms with Crippen molar-refractivity contribution in [2.24, 2.45) is 0 Å².